The third kappa shape index (κ3) is 1.42. The third-order valence-corrected chi connectivity index (χ3v) is 2.47. The Labute approximate surface area is 98.2 Å². The van der Waals surface area contributed by atoms with Gasteiger partial charge >= 0.3 is 0 Å². The minimum atomic E-state index is -0.513. The van der Waals surface area contributed by atoms with Crippen LogP contribution in [0, 0.1) is 5.82 Å². The molecule has 3 rings (SSSR count). The molecule has 1 aliphatic heterocycles. The molecule has 0 amide bonds. The highest BCUT2D eigenvalue weighted by atomic mass is 79.9. The van der Waals surface area contributed by atoms with Crippen LogP contribution >= 0.6 is 15.9 Å². The van der Waals surface area contributed by atoms with Gasteiger partial charge in [0.25, 0.3) is 11.8 Å². The van der Waals surface area contributed by atoms with Gasteiger partial charge in [0.2, 0.25) is 5.75 Å². The second-order valence-electron chi connectivity index (χ2n) is 3.09. The Kier molecular flexibility index (Phi) is 2.03. The highest BCUT2D eigenvalue weighted by molar-refractivity contribution is 9.10. The predicted molar refractivity (Wildman–Crippen MR) is 56.3 cm³/mol. The first kappa shape index (κ1) is 9.53. The summed E-state index contributed by atoms with van der Waals surface area (Å²) in [5.41, 5.74) is 0. The number of hydrogen-bond acceptors (Lipinski definition) is 4. The van der Waals surface area contributed by atoms with Gasteiger partial charge in [-0.3, -0.25) is 0 Å². The molecule has 4 nitrogen and oxygen atoms in total. The molecular weight excluding hydrogens is 279 g/mol. The summed E-state index contributed by atoms with van der Waals surface area (Å²) >= 11 is 3.17. The molecule has 0 spiro atoms. The van der Waals surface area contributed by atoms with Gasteiger partial charge in [-0.2, -0.15) is 0 Å². The maximum atomic E-state index is 13.5. The van der Waals surface area contributed by atoms with Crippen molar-refractivity contribution >= 4 is 15.9 Å². The monoisotopic (exact) mass is 282 g/mol. The molecule has 1 aromatic heterocycles. The molecule has 6 heteroatoms. The Morgan fingerprint density at radius 3 is 2.50 bits per heavy atom. The lowest BCUT2D eigenvalue weighted by molar-refractivity contribution is 0.321. The van der Waals surface area contributed by atoms with Gasteiger partial charge in [-0.25, -0.2) is 14.4 Å². The molecular formula is C10H4BrFN2O2. The average Bonchev–Trinajstić information content (AvgIpc) is 2.27. The van der Waals surface area contributed by atoms with Crippen molar-refractivity contribution in [3.8, 4) is 23.3 Å². The number of benzene rings is 1. The van der Waals surface area contributed by atoms with Crippen LogP contribution in [0.25, 0.3) is 0 Å². The van der Waals surface area contributed by atoms with Crippen molar-refractivity contribution < 1.29 is 13.9 Å². The fourth-order valence-corrected chi connectivity index (χ4v) is 1.77. The van der Waals surface area contributed by atoms with Crippen molar-refractivity contribution in [2.24, 2.45) is 0 Å². The molecule has 16 heavy (non-hydrogen) atoms. The van der Waals surface area contributed by atoms with E-state index in [1.807, 2.05) is 0 Å². The molecule has 0 unspecified atom stereocenters. The number of fused-ring (bicyclic) bond motifs is 2. The van der Waals surface area contributed by atoms with Crippen molar-refractivity contribution in [2.45, 2.75) is 0 Å². The largest absolute Gasteiger partial charge is 0.431 e. The van der Waals surface area contributed by atoms with Crippen LogP contribution in [-0.4, -0.2) is 9.97 Å². The predicted octanol–water partition coefficient (Wildman–Crippen LogP) is 3.28. The Balaban J connectivity index is 2.15. The zero-order valence-corrected chi connectivity index (χ0v) is 9.36. The number of hydrogen-bond donors (Lipinski definition) is 0. The number of nitrogens with zero attached hydrogens (tertiary/aromatic N) is 2. The highest BCUT2D eigenvalue weighted by Gasteiger charge is 2.24. The van der Waals surface area contributed by atoms with Gasteiger partial charge in [-0.1, -0.05) is 15.9 Å². The standard InChI is InChI=1S/C10H4BrFN2O2/c11-5-3-6(12)8-7(4-5)15-9-10(16-8)14-2-1-13-9/h1-4H. The Bertz CT molecular complexity index is 577. The lowest BCUT2D eigenvalue weighted by atomic mass is 10.3. The van der Waals surface area contributed by atoms with E-state index in [1.54, 1.807) is 6.07 Å². The smallest absolute Gasteiger partial charge is 0.284 e. The van der Waals surface area contributed by atoms with E-state index < -0.39 is 5.82 Å². The Morgan fingerprint density at radius 2 is 1.75 bits per heavy atom. The summed E-state index contributed by atoms with van der Waals surface area (Å²) in [5.74, 6) is 0.181. The summed E-state index contributed by atoms with van der Waals surface area (Å²) in [6.07, 6.45) is 2.92. The van der Waals surface area contributed by atoms with E-state index in [1.165, 1.54) is 18.5 Å². The molecule has 0 fully saturated rings. The summed E-state index contributed by atoms with van der Waals surface area (Å²) in [4.78, 5) is 7.82. The zero-order valence-electron chi connectivity index (χ0n) is 7.78. The van der Waals surface area contributed by atoms with Gasteiger partial charge in [-0.15, -0.1) is 0 Å². The molecule has 0 saturated carbocycles. The molecule has 0 radical (unpaired) electrons. The van der Waals surface area contributed by atoms with Crippen LogP contribution < -0.4 is 9.47 Å². The first-order chi connectivity index (χ1) is 7.74. The van der Waals surface area contributed by atoms with Gasteiger partial charge in [0.15, 0.2) is 11.6 Å². The number of aromatic nitrogens is 2. The highest BCUT2D eigenvalue weighted by Crippen LogP contribution is 2.45. The molecule has 80 valence electrons. The van der Waals surface area contributed by atoms with Crippen molar-refractivity contribution in [3.63, 3.8) is 0 Å². The van der Waals surface area contributed by atoms with Gasteiger partial charge in [-0.05, 0) is 12.1 Å². The van der Waals surface area contributed by atoms with Crippen LogP contribution in [0.2, 0.25) is 0 Å². The molecule has 0 N–H and O–H groups in total. The Morgan fingerprint density at radius 1 is 1.06 bits per heavy atom. The van der Waals surface area contributed by atoms with Crippen LogP contribution in [0.5, 0.6) is 23.3 Å². The van der Waals surface area contributed by atoms with E-state index in [0.29, 0.717) is 4.47 Å². The summed E-state index contributed by atoms with van der Waals surface area (Å²) in [7, 11) is 0. The Hall–Kier alpha value is -1.69. The van der Waals surface area contributed by atoms with Crippen LogP contribution in [-0.2, 0) is 0 Å². The van der Waals surface area contributed by atoms with E-state index >= 15 is 0 Å². The van der Waals surface area contributed by atoms with Gasteiger partial charge in [0, 0.05) is 16.9 Å². The SMILES string of the molecule is Fc1cc(Br)cc2c1Oc1nccnc1O2. The lowest BCUT2D eigenvalue weighted by Gasteiger charge is -2.18. The van der Waals surface area contributed by atoms with E-state index in [4.69, 9.17) is 9.47 Å². The number of ether oxygens (including phenoxy) is 2. The minimum Gasteiger partial charge on any atom is -0.431 e. The van der Waals surface area contributed by atoms with Crippen LogP contribution in [0.1, 0.15) is 0 Å². The first-order valence-electron chi connectivity index (χ1n) is 4.40. The summed E-state index contributed by atoms with van der Waals surface area (Å²) in [6, 6.07) is 2.90. The maximum absolute atomic E-state index is 13.5. The molecule has 0 bridgehead atoms. The minimum absolute atomic E-state index is 0.0243. The normalized spacial score (nSPS) is 12.1. The van der Waals surface area contributed by atoms with Crippen molar-refractivity contribution in [2.75, 3.05) is 0 Å². The van der Waals surface area contributed by atoms with Crippen LogP contribution in [0.3, 0.4) is 0 Å². The van der Waals surface area contributed by atoms with Crippen molar-refractivity contribution in [1.82, 2.24) is 9.97 Å². The second-order valence-corrected chi connectivity index (χ2v) is 4.00. The number of rotatable bonds is 0. The molecule has 2 aromatic rings. The molecule has 0 atom stereocenters. The summed E-state index contributed by atoms with van der Waals surface area (Å²) < 4.78 is 24.8. The van der Waals surface area contributed by atoms with Crippen molar-refractivity contribution in [1.29, 1.82) is 0 Å². The molecule has 1 aromatic carbocycles. The average molecular weight is 283 g/mol. The van der Waals surface area contributed by atoms with E-state index in [9.17, 15) is 4.39 Å². The molecule has 0 saturated heterocycles. The van der Waals surface area contributed by atoms with Crippen LogP contribution in [0.4, 0.5) is 4.39 Å². The van der Waals surface area contributed by atoms with E-state index in [-0.39, 0.29) is 23.3 Å². The van der Waals surface area contributed by atoms with E-state index in [2.05, 4.69) is 25.9 Å². The van der Waals surface area contributed by atoms with Gasteiger partial charge in [0.05, 0.1) is 0 Å². The fraction of sp³-hybridized carbons (Fsp3) is 0. The quantitative estimate of drug-likeness (QED) is 0.635. The summed E-state index contributed by atoms with van der Waals surface area (Å²) in [5, 5.41) is 0. The molecule has 1 aliphatic rings. The van der Waals surface area contributed by atoms with Crippen LogP contribution in [0.15, 0.2) is 29.0 Å². The first-order valence-corrected chi connectivity index (χ1v) is 5.19. The van der Waals surface area contributed by atoms with Gasteiger partial charge in [0.1, 0.15) is 0 Å². The third-order valence-electron chi connectivity index (χ3n) is 2.01. The topological polar surface area (TPSA) is 44.2 Å². The number of halogens is 2. The second kappa shape index (κ2) is 3.41. The van der Waals surface area contributed by atoms with Gasteiger partial charge < -0.3 is 9.47 Å². The summed E-state index contributed by atoms with van der Waals surface area (Å²) in [6.45, 7) is 0. The fourth-order valence-electron chi connectivity index (χ4n) is 1.36. The lowest BCUT2D eigenvalue weighted by Crippen LogP contribution is -2.03. The molecule has 2 heterocycles. The maximum Gasteiger partial charge on any atom is 0.284 e. The molecule has 0 aliphatic carbocycles. The van der Waals surface area contributed by atoms with E-state index in [0.717, 1.165) is 0 Å². The zero-order chi connectivity index (χ0) is 11.1. The van der Waals surface area contributed by atoms with Crippen molar-refractivity contribution in [3.05, 3.63) is 34.8 Å².